The van der Waals surface area contributed by atoms with E-state index in [0.29, 0.717) is 17.6 Å². The molecule has 1 aliphatic carbocycles. The molecule has 9 rings (SSSR count). The average Bonchev–Trinajstić information content (AvgIpc) is 3.62. The second kappa shape index (κ2) is 9.89. The summed E-state index contributed by atoms with van der Waals surface area (Å²) in [7, 11) is 0. The zero-order valence-corrected chi connectivity index (χ0v) is 23.9. The smallest absolute Gasteiger partial charge is 0.238 e. The monoisotopic (exact) mass is 565 g/mol. The number of rotatable bonds is 4. The van der Waals surface area contributed by atoms with Crippen molar-refractivity contribution in [3.63, 3.8) is 0 Å². The van der Waals surface area contributed by atoms with E-state index >= 15 is 0 Å². The molecule has 0 radical (unpaired) electrons. The Hall–Kier alpha value is -5.81. The van der Waals surface area contributed by atoms with Crippen LogP contribution in [0.4, 0.5) is 0 Å². The van der Waals surface area contributed by atoms with Crippen molar-refractivity contribution in [2.75, 3.05) is 0 Å². The molecule has 8 aromatic rings. The maximum atomic E-state index is 5.14. The lowest BCUT2D eigenvalue weighted by molar-refractivity contribution is 0.799. The lowest BCUT2D eigenvalue weighted by atomic mass is 9.91. The Morgan fingerprint density at radius 1 is 0.409 bits per heavy atom. The first-order valence-corrected chi connectivity index (χ1v) is 15.0. The highest BCUT2D eigenvalue weighted by Gasteiger charge is 2.31. The van der Waals surface area contributed by atoms with E-state index < -0.39 is 0 Å². The van der Waals surface area contributed by atoms with E-state index in [0.717, 1.165) is 29.5 Å². The van der Waals surface area contributed by atoms with Crippen molar-refractivity contribution < 1.29 is 0 Å². The predicted octanol–water partition coefficient (Wildman–Crippen LogP) is 8.86. The van der Waals surface area contributed by atoms with Crippen molar-refractivity contribution in [3.8, 4) is 45.5 Å². The second-order valence-corrected chi connectivity index (χ2v) is 11.2. The van der Waals surface area contributed by atoms with E-state index in [-0.39, 0.29) is 0 Å². The summed E-state index contributed by atoms with van der Waals surface area (Å²) >= 11 is 0. The van der Waals surface area contributed by atoms with E-state index in [4.69, 9.17) is 15.0 Å². The lowest BCUT2D eigenvalue weighted by Crippen LogP contribution is -2.13. The summed E-state index contributed by atoms with van der Waals surface area (Å²) < 4.78 is 4.73. The minimum absolute atomic E-state index is 0.644. The van der Waals surface area contributed by atoms with E-state index in [2.05, 4.69) is 112 Å². The van der Waals surface area contributed by atoms with Crippen molar-refractivity contribution >= 4 is 21.8 Å². The van der Waals surface area contributed by atoms with Gasteiger partial charge in [-0.3, -0.25) is 4.57 Å². The molecule has 0 aliphatic heterocycles. The van der Waals surface area contributed by atoms with Crippen LogP contribution < -0.4 is 0 Å². The van der Waals surface area contributed by atoms with Crippen molar-refractivity contribution in [2.45, 2.75) is 12.8 Å². The van der Waals surface area contributed by atoms with Crippen LogP contribution in [0.2, 0.25) is 0 Å². The number of hydrogen-bond donors (Lipinski definition) is 0. The Kier molecular flexibility index (Phi) is 5.56. The zero-order valence-electron chi connectivity index (χ0n) is 23.9. The minimum atomic E-state index is 0.644. The van der Waals surface area contributed by atoms with Crippen LogP contribution >= 0.6 is 0 Å². The quantitative estimate of drug-likeness (QED) is 0.214. The molecule has 5 heteroatoms. The Morgan fingerprint density at radius 3 is 1.39 bits per heavy atom. The van der Waals surface area contributed by atoms with Gasteiger partial charge in [-0.05, 0) is 37.1 Å². The molecule has 3 heterocycles. The SMILES string of the molecule is c1ccc(-c2nc(-c3ccccc3)nc(-n3c4c(c5ccccc53)-c3c(n(-c5ccccc5)c5ccccc35)CC4)n2)cc1. The number of nitrogens with zero attached hydrogens (tertiary/aromatic N) is 5. The molecule has 1 aliphatic rings. The number of fused-ring (bicyclic) bond motifs is 7. The van der Waals surface area contributed by atoms with Gasteiger partial charge in [-0.2, -0.15) is 9.97 Å². The molecular formula is C39H27N5. The molecule has 208 valence electrons. The normalized spacial score (nSPS) is 12.4. The summed E-state index contributed by atoms with van der Waals surface area (Å²) in [5, 5.41) is 2.48. The van der Waals surface area contributed by atoms with Gasteiger partial charge in [-0.1, -0.05) is 115 Å². The third-order valence-electron chi connectivity index (χ3n) is 8.70. The topological polar surface area (TPSA) is 48.5 Å². The fraction of sp³-hybridized carbons (Fsp3) is 0.0513. The van der Waals surface area contributed by atoms with Gasteiger partial charge in [0.2, 0.25) is 5.95 Å². The van der Waals surface area contributed by atoms with Crippen molar-refractivity contribution in [2.24, 2.45) is 0 Å². The van der Waals surface area contributed by atoms with Gasteiger partial charge < -0.3 is 4.57 Å². The van der Waals surface area contributed by atoms with Crippen LogP contribution in [0.5, 0.6) is 0 Å². The summed E-state index contributed by atoms with van der Waals surface area (Å²) in [5.74, 6) is 1.97. The first kappa shape index (κ1) is 24.8. The Bertz CT molecular complexity index is 2260. The van der Waals surface area contributed by atoms with Crippen LogP contribution in [0.1, 0.15) is 11.4 Å². The van der Waals surface area contributed by atoms with Gasteiger partial charge in [0, 0.05) is 50.1 Å². The lowest BCUT2D eigenvalue weighted by Gasteiger charge is -2.19. The van der Waals surface area contributed by atoms with Gasteiger partial charge >= 0.3 is 0 Å². The summed E-state index contributed by atoms with van der Waals surface area (Å²) in [4.78, 5) is 15.2. The van der Waals surface area contributed by atoms with Crippen LogP contribution in [0.25, 0.3) is 67.3 Å². The summed E-state index contributed by atoms with van der Waals surface area (Å²) in [6.45, 7) is 0. The first-order chi connectivity index (χ1) is 21.8. The van der Waals surface area contributed by atoms with Crippen LogP contribution in [0, 0.1) is 0 Å². The number of aromatic nitrogens is 5. The molecule has 0 spiro atoms. The molecule has 0 saturated carbocycles. The van der Waals surface area contributed by atoms with Crippen LogP contribution in [-0.2, 0) is 12.8 Å². The van der Waals surface area contributed by atoms with Crippen LogP contribution in [0.3, 0.4) is 0 Å². The van der Waals surface area contributed by atoms with Gasteiger partial charge in [0.15, 0.2) is 11.6 Å². The standard InChI is InChI=1S/C39H27N5/c1-4-14-26(15-5-1)37-40-38(27-16-6-2-7-17-27)42-39(41-37)44-32-23-13-11-21-30(32)36-34(44)25-24-33-35(36)29-20-10-12-22-31(29)43(33)28-18-8-3-9-19-28/h1-23H,24-25H2. The number of para-hydroxylation sites is 3. The molecular weight excluding hydrogens is 538 g/mol. The minimum Gasteiger partial charge on any atom is -0.313 e. The number of benzene rings is 5. The molecule has 0 unspecified atom stereocenters. The fourth-order valence-corrected chi connectivity index (χ4v) is 6.85. The van der Waals surface area contributed by atoms with Crippen LogP contribution in [0.15, 0.2) is 140 Å². The molecule has 5 aromatic carbocycles. The highest BCUT2D eigenvalue weighted by Crippen LogP contribution is 2.47. The molecule has 0 N–H and O–H groups in total. The average molecular weight is 566 g/mol. The van der Waals surface area contributed by atoms with Gasteiger partial charge in [0.05, 0.1) is 11.0 Å². The summed E-state index contributed by atoms with van der Waals surface area (Å²) in [6.07, 6.45) is 1.78. The molecule has 5 nitrogen and oxygen atoms in total. The maximum Gasteiger partial charge on any atom is 0.238 e. The molecule has 0 amide bonds. The Balaban J connectivity index is 1.35. The molecule has 0 atom stereocenters. The summed E-state index contributed by atoms with van der Waals surface area (Å²) in [5.41, 5.74) is 10.6. The molecule has 0 fully saturated rings. The third-order valence-corrected chi connectivity index (χ3v) is 8.70. The second-order valence-electron chi connectivity index (χ2n) is 11.2. The van der Waals surface area contributed by atoms with E-state index in [1.165, 1.54) is 44.5 Å². The molecule has 0 bridgehead atoms. The molecule has 3 aromatic heterocycles. The highest BCUT2D eigenvalue weighted by atomic mass is 15.2. The van der Waals surface area contributed by atoms with Gasteiger partial charge in [0.1, 0.15) is 0 Å². The van der Waals surface area contributed by atoms with Crippen molar-refractivity contribution in [1.82, 2.24) is 24.1 Å². The van der Waals surface area contributed by atoms with Crippen molar-refractivity contribution in [1.29, 1.82) is 0 Å². The van der Waals surface area contributed by atoms with Crippen molar-refractivity contribution in [3.05, 3.63) is 151 Å². The maximum absolute atomic E-state index is 5.14. The van der Waals surface area contributed by atoms with Gasteiger partial charge in [-0.15, -0.1) is 0 Å². The Labute approximate surface area is 254 Å². The number of hydrogen-bond acceptors (Lipinski definition) is 3. The van der Waals surface area contributed by atoms with Gasteiger partial charge in [0.25, 0.3) is 0 Å². The van der Waals surface area contributed by atoms with Gasteiger partial charge in [-0.25, -0.2) is 4.98 Å². The predicted molar refractivity (Wildman–Crippen MR) is 177 cm³/mol. The fourth-order valence-electron chi connectivity index (χ4n) is 6.85. The highest BCUT2D eigenvalue weighted by molar-refractivity contribution is 6.09. The van der Waals surface area contributed by atoms with E-state index in [9.17, 15) is 0 Å². The summed E-state index contributed by atoms with van der Waals surface area (Å²) in [6, 6.07) is 48.5. The molecule has 0 saturated heterocycles. The van der Waals surface area contributed by atoms with Crippen LogP contribution in [-0.4, -0.2) is 24.1 Å². The van der Waals surface area contributed by atoms with E-state index in [1.54, 1.807) is 0 Å². The van der Waals surface area contributed by atoms with E-state index in [1.807, 2.05) is 36.4 Å². The Morgan fingerprint density at radius 2 is 0.841 bits per heavy atom. The largest absolute Gasteiger partial charge is 0.313 e. The third kappa shape index (κ3) is 3.76. The first-order valence-electron chi connectivity index (χ1n) is 15.0. The zero-order chi connectivity index (χ0) is 29.0. The molecule has 44 heavy (non-hydrogen) atoms.